The standard InChI is InChI=1S/C18H28N2O2/c1-5-22-16-9-11-20(12-10-16)18(21)17(19(3)4)15-8-6-7-14(2)13-15/h6-8,13,16-17H,5,9-12H2,1-4H3/t17-/m0/s1. The molecule has 0 radical (unpaired) electrons. The highest BCUT2D eigenvalue weighted by Crippen LogP contribution is 2.24. The van der Waals surface area contributed by atoms with Crippen LogP contribution in [0.25, 0.3) is 0 Å². The van der Waals surface area contributed by atoms with Gasteiger partial charge in [-0.15, -0.1) is 0 Å². The summed E-state index contributed by atoms with van der Waals surface area (Å²) in [5, 5.41) is 0. The monoisotopic (exact) mass is 304 g/mol. The molecule has 1 aliphatic rings. The molecule has 1 aromatic rings. The van der Waals surface area contributed by atoms with Crippen molar-refractivity contribution in [3.8, 4) is 0 Å². The second kappa shape index (κ2) is 7.75. The number of hydrogen-bond acceptors (Lipinski definition) is 3. The number of carbonyl (C=O) groups excluding carboxylic acids is 1. The lowest BCUT2D eigenvalue weighted by atomic mass is 10.0. The van der Waals surface area contributed by atoms with Gasteiger partial charge in [-0.1, -0.05) is 29.8 Å². The molecule has 122 valence electrons. The Balaban J connectivity index is 2.08. The van der Waals surface area contributed by atoms with Crippen molar-refractivity contribution in [3.63, 3.8) is 0 Å². The van der Waals surface area contributed by atoms with Gasteiger partial charge in [-0.05, 0) is 46.3 Å². The highest BCUT2D eigenvalue weighted by molar-refractivity contribution is 5.83. The first-order chi connectivity index (χ1) is 10.5. The van der Waals surface area contributed by atoms with Gasteiger partial charge in [-0.2, -0.15) is 0 Å². The Labute approximate surface area is 134 Å². The SMILES string of the molecule is CCOC1CCN(C(=O)[C@H](c2cccc(C)c2)N(C)C)CC1. The Kier molecular flexibility index (Phi) is 5.98. The third-order valence-corrected chi connectivity index (χ3v) is 4.26. The third kappa shape index (κ3) is 4.08. The lowest BCUT2D eigenvalue weighted by molar-refractivity contribution is -0.139. The zero-order valence-electron chi connectivity index (χ0n) is 14.2. The van der Waals surface area contributed by atoms with E-state index >= 15 is 0 Å². The normalized spacial score (nSPS) is 17.8. The molecule has 0 bridgehead atoms. The van der Waals surface area contributed by atoms with Crippen LogP contribution >= 0.6 is 0 Å². The number of likely N-dealkylation sites (tertiary alicyclic amines) is 1. The second-order valence-corrected chi connectivity index (χ2v) is 6.26. The molecule has 1 amide bonds. The van der Waals surface area contributed by atoms with Crippen LogP contribution < -0.4 is 0 Å². The van der Waals surface area contributed by atoms with Crippen LogP contribution in [0.4, 0.5) is 0 Å². The number of aryl methyl sites for hydroxylation is 1. The van der Waals surface area contributed by atoms with Crippen LogP contribution in [0.5, 0.6) is 0 Å². The lowest BCUT2D eigenvalue weighted by Crippen LogP contribution is -2.45. The number of benzene rings is 1. The number of nitrogens with zero attached hydrogens (tertiary/aromatic N) is 2. The number of carbonyl (C=O) groups is 1. The van der Waals surface area contributed by atoms with Gasteiger partial charge in [0.1, 0.15) is 6.04 Å². The van der Waals surface area contributed by atoms with E-state index in [0.717, 1.165) is 38.1 Å². The predicted octanol–water partition coefficient (Wildman–Crippen LogP) is 2.63. The Morgan fingerprint density at radius 3 is 2.59 bits per heavy atom. The van der Waals surface area contributed by atoms with E-state index in [1.807, 2.05) is 43.0 Å². The minimum absolute atomic E-state index is 0.200. The Morgan fingerprint density at radius 2 is 2.05 bits per heavy atom. The van der Waals surface area contributed by atoms with Crippen LogP contribution in [0.3, 0.4) is 0 Å². The summed E-state index contributed by atoms with van der Waals surface area (Å²) >= 11 is 0. The first kappa shape index (κ1) is 17.0. The molecule has 1 fully saturated rings. The highest BCUT2D eigenvalue weighted by Gasteiger charge is 2.30. The Bertz CT molecular complexity index is 494. The van der Waals surface area contributed by atoms with E-state index in [0.29, 0.717) is 6.10 Å². The highest BCUT2D eigenvalue weighted by atomic mass is 16.5. The lowest BCUT2D eigenvalue weighted by Gasteiger charge is -2.36. The van der Waals surface area contributed by atoms with Gasteiger partial charge in [0.2, 0.25) is 5.91 Å². The molecule has 0 saturated carbocycles. The zero-order valence-corrected chi connectivity index (χ0v) is 14.2. The van der Waals surface area contributed by atoms with Crippen LogP contribution in [-0.2, 0) is 9.53 Å². The molecule has 0 aliphatic carbocycles. The summed E-state index contributed by atoms with van der Waals surface area (Å²) in [5.74, 6) is 0.200. The molecule has 0 spiro atoms. The van der Waals surface area contributed by atoms with Crippen molar-refractivity contribution in [2.45, 2.75) is 38.8 Å². The summed E-state index contributed by atoms with van der Waals surface area (Å²) in [7, 11) is 3.94. The molecular formula is C18H28N2O2. The number of likely N-dealkylation sites (N-methyl/N-ethyl adjacent to an activating group) is 1. The molecule has 1 saturated heterocycles. The molecule has 4 heteroatoms. The second-order valence-electron chi connectivity index (χ2n) is 6.26. The number of hydrogen-bond donors (Lipinski definition) is 0. The van der Waals surface area contributed by atoms with Crippen molar-refractivity contribution in [1.82, 2.24) is 9.80 Å². The van der Waals surface area contributed by atoms with E-state index in [9.17, 15) is 4.79 Å². The van der Waals surface area contributed by atoms with Gasteiger partial charge < -0.3 is 9.64 Å². The average molecular weight is 304 g/mol. The number of amides is 1. The topological polar surface area (TPSA) is 32.8 Å². The summed E-state index contributed by atoms with van der Waals surface area (Å²) < 4.78 is 5.67. The van der Waals surface area contributed by atoms with Gasteiger partial charge >= 0.3 is 0 Å². The third-order valence-electron chi connectivity index (χ3n) is 4.26. The Morgan fingerprint density at radius 1 is 1.36 bits per heavy atom. The number of ether oxygens (including phenoxy) is 1. The van der Waals surface area contributed by atoms with Crippen LogP contribution in [0, 0.1) is 6.92 Å². The molecule has 2 rings (SSSR count). The molecule has 4 nitrogen and oxygen atoms in total. The largest absolute Gasteiger partial charge is 0.378 e. The van der Waals surface area contributed by atoms with Gasteiger partial charge in [0.25, 0.3) is 0 Å². The maximum absolute atomic E-state index is 13.0. The first-order valence-corrected chi connectivity index (χ1v) is 8.16. The van der Waals surface area contributed by atoms with Crippen molar-refractivity contribution >= 4 is 5.91 Å². The van der Waals surface area contributed by atoms with Gasteiger partial charge in [-0.25, -0.2) is 0 Å². The number of piperidine rings is 1. The predicted molar refractivity (Wildman–Crippen MR) is 88.8 cm³/mol. The van der Waals surface area contributed by atoms with Gasteiger partial charge in [0.05, 0.1) is 6.10 Å². The molecular weight excluding hydrogens is 276 g/mol. The smallest absolute Gasteiger partial charge is 0.244 e. The fraction of sp³-hybridized carbons (Fsp3) is 0.611. The van der Waals surface area contributed by atoms with Gasteiger partial charge in [-0.3, -0.25) is 9.69 Å². The fourth-order valence-electron chi connectivity index (χ4n) is 3.15. The number of rotatable bonds is 5. The maximum Gasteiger partial charge on any atom is 0.244 e. The van der Waals surface area contributed by atoms with Crippen LogP contribution in [0.2, 0.25) is 0 Å². The van der Waals surface area contributed by atoms with Crippen LogP contribution in [0.1, 0.15) is 36.9 Å². The molecule has 1 atom stereocenters. The fourth-order valence-corrected chi connectivity index (χ4v) is 3.15. The van der Waals surface area contributed by atoms with Gasteiger partial charge in [0.15, 0.2) is 0 Å². The van der Waals surface area contributed by atoms with E-state index in [1.165, 1.54) is 5.56 Å². The van der Waals surface area contributed by atoms with Gasteiger partial charge in [0, 0.05) is 19.7 Å². The average Bonchev–Trinajstić information content (AvgIpc) is 2.48. The maximum atomic E-state index is 13.0. The zero-order chi connectivity index (χ0) is 16.1. The summed E-state index contributed by atoms with van der Waals surface area (Å²) in [6.07, 6.45) is 2.19. The van der Waals surface area contributed by atoms with Crippen molar-refractivity contribution in [2.75, 3.05) is 33.8 Å². The molecule has 0 N–H and O–H groups in total. The molecule has 1 heterocycles. The minimum atomic E-state index is -0.205. The summed E-state index contributed by atoms with van der Waals surface area (Å²) in [4.78, 5) is 17.0. The summed E-state index contributed by atoms with van der Waals surface area (Å²) in [6.45, 7) is 6.42. The van der Waals surface area contributed by atoms with E-state index in [4.69, 9.17) is 4.74 Å². The molecule has 1 aromatic carbocycles. The minimum Gasteiger partial charge on any atom is -0.378 e. The Hall–Kier alpha value is -1.39. The molecule has 0 aromatic heterocycles. The van der Waals surface area contributed by atoms with E-state index in [1.54, 1.807) is 0 Å². The molecule has 22 heavy (non-hydrogen) atoms. The van der Waals surface area contributed by atoms with Crippen molar-refractivity contribution in [1.29, 1.82) is 0 Å². The quantitative estimate of drug-likeness (QED) is 0.838. The summed E-state index contributed by atoms with van der Waals surface area (Å²) in [6, 6.07) is 8.03. The van der Waals surface area contributed by atoms with E-state index in [2.05, 4.69) is 19.1 Å². The summed E-state index contributed by atoms with van der Waals surface area (Å²) in [5.41, 5.74) is 2.26. The van der Waals surface area contributed by atoms with E-state index in [-0.39, 0.29) is 11.9 Å². The van der Waals surface area contributed by atoms with Crippen molar-refractivity contribution in [2.24, 2.45) is 0 Å². The van der Waals surface area contributed by atoms with Crippen molar-refractivity contribution in [3.05, 3.63) is 35.4 Å². The van der Waals surface area contributed by atoms with Crippen LogP contribution in [0.15, 0.2) is 24.3 Å². The molecule has 0 unspecified atom stereocenters. The molecule has 1 aliphatic heterocycles. The van der Waals surface area contributed by atoms with Crippen molar-refractivity contribution < 1.29 is 9.53 Å². The van der Waals surface area contributed by atoms with E-state index < -0.39 is 0 Å². The first-order valence-electron chi connectivity index (χ1n) is 8.16. The van der Waals surface area contributed by atoms with Crippen LogP contribution in [-0.4, -0.2) is 55.6 Å².